The number of fused-ring (bicyclic) bond motifs is 1. The number of hydrogen-bond acceptors (Lipinski definition) is 4. The van der Waals surface area contributed by atoms with E-state index in [1.807, 2.05) is 0 Å². The van der Waals surface area contributed by atoms with E-state index in [0.717, 1.165) is 4.68 Å². The van der Waals surface area contributed by atoms with Gasteiger partial charge in [-0.3, -0.25) is 0 Å². The number of aromatic nitrogens is 2. The molecule has 0 saturated heterocycles. The first-order valence-electron chi connectivity index (χ1n) is 3.63. The van der Waals surface area contributed by atoms with Gasteiger partial charge in [-0.15, -0.1) is 0 Å². The van der Waals surface area contributed by atoms with Crippen LogP contribution in [0, 0.1) is 0 Å². The lowest BCUT2D eigenvalue weighted by Crippen LogP contribution is -2.29. The Morgan fingerprint density at radius 3 is 3.00 bits per heavy atom. The molecule has 0 saturated carbocycles. The van der Waals surface area contributed by atoms with Crippen molar-refractivity contribution in [3.63, 3.8) is 0 Å². The summed E-state index contributed by atoms with van der Waals surface area (Å²) in [5, 5.41) is 14.8. The van der Waals surface area contributed by atoms with Crippen molar-refractivity contribution in [3.05, 3.63) is 24.4 Å². The van der Waals surface area contributed by atoms with Gasteiger partial charge in [0.1, 0.15) is 0 Å². The first-order chi connectivity index (χ1) is 6.18. The molecule has 5 nitrogen and oxygen atoms in total. The fourth-order valence-corrected chi connectivity index (χ4v) is 1.20. The molecule has 5 heteroatoms. The van der Waals surface area contributed by atoms with Crippen molar-refractivity contribution in [2.24, 2.45) is 0 Å². The SMILES string of the molecule is Nc1ccc2c(cnn2C(=O)[O-])c1. The van der Waals surface area contributed by atoms with Crippen LogP contribution in [0.3, 0.4) is 0 Å². The van der Waals surface area contributed by atoms with Crippen molar-refractivity contribution in [3.8, 4) is 0 Å². The number of nitrogen functional groups attached to an aromatic ring is 1. The topological polar surface area (TPSA) is 84.0 Å². The molecular weight excluding hydrogens is 170 g/mol. The van der Waals surface area contributed by atoms with Crippen LogP contribution in [0.5, 0.6) is 0 Å². The van der Waals surface area contributed by atoms with Gasteiger partial charge in [-0.1, -0.05) is 0 Å². The van der Waals surface area contributed by atoms with E-state index in [-0.39, 0.29) is 0 Å². The lowest BCUT2D eigenvalue weighted by Gasteiger charge is -2.02. The van der Waals surface area contributed by atoms with Crippen molar-refractivity contribution >= 4 is 22.7 Å². The average Bonchev–Trinajstić information content (AvgIpc) is 2.46. The van der Waals surface area contributed by atoms with Crippen LogP contribution in [0.1, 0.15) is 0 Å². The highest BCUT2D eigenvalue weighted by Gasteiger charge is 2.02. The van der Waals surface area contributed by atoms with Gasteiger partial charge in [0.25, 0.3) is 0 Å². The molecule has 0 aliphatic heterocycles. The van der Waals surface area contributed by atoms with Crippen LogP contribution in [0.15, 0.2) is 24.4 Å². The maximum Gasteiger partial charge on any atom is 0.164 e. The van der Waals surface area contributed by atoms with E-state index < -0.39 is 6.09 Å². The fourth-order valence-electron chi connectivity index (χ4n) is 1.20. The van der Waals surface area contributed by atoms with Gasteiger partial charge in [0.15, 0.2) is 6.09 Å². The molecule has 13 heavy (non-hydrogen) atoms. The molecule has 0 radical (unpaired) electrons. The largest absolute Gasteiger partial charge is 0.528 e. The molecule has 0 aliphatic carbocycles. The summed E-state index contributed by atoms with van der Waals surface area (Å²) in [5.41, 5.74) is 6.56. The Hall–Kier alpha value is -2.04. The van der Waals surface area contributed by atoms with Gasteiger partial charge in [0.05, 0.1) is 11.7 Å². The predicted octanol–water partition coefficient (Wildman–Crippen LogP) is -0.190. The number of carbonyl (C=O) groups excluding carboxylic acids is 1. The highest BCUT2D eigenvalue weighted by Crippen LogP contribution is 2.16. The molecule has 1 heterocycles. The first kappa shape index (κ1) is 7.60. The lowest BCUT2D eigenvalue weighted by atomic mass is 10.2. The highest BCUT2D eigenvalue weighted by molar-refractivity contribution is 5.88. The second kappa shape index (κ2) is 2.48. The van der Waals surface area contributed by atoms with Crippen LogP contribution < -0.4 is 10.8 Å². The van der Waals surface area contributed by atoms with Crippen LogP contribution in [0.2, 0.25) is 0 Å². The number of benzene rings is 1. The van der Waals surface area contributed by atoms with Crippen LogP contribution in [0.4, 0.5) is 10.5 Å². The molecule has 1 aromatic heterocycles. The maximum atomic E-state index is 10.5. The third-order valence-electron chi connectivity index (χ3n) is 1.77. The van der Waals surface area contributed by atoms with Gasteiger partial charge in [0.2, 0.25) is 0 Å². The molecule has 0 atom stereocenters. The van der Waals surface area contributed by atoms with Crippen LogP contribution in [-0.4, -0.2) is 15.9 Å². The average molecular weight is 176 g/mol. The first-order valence-corrected chi connectivity index (χ1v) is 3.63. The second-order valence-corrected chi connectivity index (χ2v) is 2.64. The third-order valence-corrected chi connectivity index (χ3v) is 1.77. The Bertz CT molecular complexity index is 475. The Kier molecular flexibility index (Phi) is 1.45. The normalized spacial score (nSPS) is 10.5. The van der Waals surface area contributed by atoms with Crippen molar-refractivity contribution < 1.29 is 9.90 Å². The molecule has 0 spiro atoms. The molecule has 2 N–H and O–H groups in total. The summed E-state index contributed by atoms with van der Waals surface area (Å²) in [7, 11) is 0. The number of hydrogen-bond donors (Lipinski definition) is 1. The number of carbonyl (C=O) groups is 1. The quantitative estimate of drug-likeness (QED) is 0.564. The summed E-state index contributed by atoms with van der Waals surface area (Å²) in [4.78, 5) is 10.5. The number of anilines is 1. The van der Waals surface area contributed by atoms with Gasteiger partial charge in [-0.2, -0.15) is 5.10 Å². The summed E-state index contributed by atoms with van der Waals surface area (Å²) >= 11 is 0. The Morgan fingerprint density at radius 1 is 1.54 bits per heavy atom. The minimum absolute atomic E-state index is 0.481. The third kappa shape index (κ3) is 1.10. The van der Waals surface area contributed by atoms with E-state index >= 15 is 0 Å². The van der Waals surface area contributed by atoms with Gasteiger partial charge < -0.3 is 15.6 Å². The van der Waals surface area contributed by atoms with E-state index in [0.29, 0.717) is 16.6 Å². The zero-order chi connectivity index (χ0) is 9.42. The van der Waals surface area contributed by atoms with Crippen LogP contribution in [-0.2, 0) is 0 Å². The van der Waals surface area contributed by atoms with Gasteiger partial charge in [-0.25, -0.2) is 4.68 Å². The van der Waals surface area contributed by atoms with Gasteiger partial charge in [0, 0.05) is 11.1 Å². The molecule has 2 aromatic rings. The fraction of sp³-hybridized carbons (Fsp3) is 0. The Balaban J connectivity index is 2.76. The smallest absolute Gasteiger partial charge is 0.164 e. The van der Waals surface area contributed by atoms with Crippen LogP contribution in [0.25, 0.3) is 10.9 Å². The Labute approximate surface area is 73.4 Å². The molecule has 1 aromatic carbocycles. The molecule has 0 fully saturated rings. The molecular formula is C8H6N3O2-. The zero-order valence-electron chi connectivity index (χ0n) is 6.60. The van der Waals surface area contributed by atoms with E-state index in [1.165, 1.54) is 6.20 Å². The summed E-state index contributed by atoms with van der Waals surface area (Å²) in [6, 6.07) is 4.86. The van der Waals surface area contributed by atoms with E-state index in [4.69, 9.17) is 5.73 Å². The molecule has 0 bridgehead atoms. The molecule has 0 unspecified atom stereocenters. The number of carboxylic acid groups (broad SMARTS) is 1. The lowest BCUT2D eigenvalue weighted by molar-refractivity contribution is -0.251. The molecule has 0 amide bonds. The van der Waals surface area contributed by atoms with Crippen molar-refractivity contribution in [1.82, 2.24) is 9.78 Å². The molecule has 66 valence electrons. The second-order valence-electron chi connectivity index (χ2n) is 2.64. The number of rotatable bonds is 0. The minimum atomic E-state index is -1.35. The summed E-state index contributed by atoms with van der Waals surface area (Å²) < 4.78 is 0.800. The maximum absolute atomic E-state index is 10.5. The zero-order valence-corrected chi connectivity index (χ0v) is 6.60. The molecule has 2 rings (SSSR count). The molecule has 0 aliphatic rings. The van der Waals surface area contributed by atoms with E-state index in [9.17, 15) is 9.90 Å². The van der Waals surface area contributed by atoms with Crippen molar-refractivity contribution in [2.45, 2.75) is 0 Å². The van der Waals surface area contributed by atoms with E-state index in [1.54, 1.807) is 18.2 Å². The summed E-state index contributed by atoms with van der Waals surface area (Å²) in [5.74, 6) is 0. The monoisotopic (exact) mass is 176 g/mol. The standard InChI is InChI=1S/C8H7N3O2/c9-6-1-2-7-5(3-6)4-10-11(7)8(12)13/h1-4H,9H2,(H,12,13)/p-1. The number of nitrogens with zero attached hydrogens (tertiary/aromatic N) is 2. The van der Waals surface area contributed by atoms with Gasteiger partial charge in [-0.05, 0) is 18.2 Å². The number of nitrogens with two attached hydrogens (primary N) is 1. The Morgan fingerprint density at radius 2 is 2.31 bits per heavy atom. The summed E-state index contributed by atoms with van der Waals surface area (Å²) in [6.07, 6.45) is 0.0846. The van der Waals surface area contributed by atoms with Gasteiger partial charge >= 0.3 is 0 Å². The minimum Gasteiger partial charge on any atom is -0.528 e. The van der Waals surface area contributed by atoms with Crippen LogP contribution >= 0.6 is 0 Å². The highest BCUT2D eigenvalue weighted by atomic mass is 16.4. The summed E-state index contributed by atoms with van der Waals surface area (Å²) in [6.45, 7) is 0. The predicted molar refractivity (Wildman–Crippen MR) is 44.9 cm³/mol. The van der Waals surface area contributed by atoms with Crippen molar-refractivity contribution in [1.29, 1.82) is 0 Å². The van der Waals surface area contributed by atoms with E-state index in [2.05, 4.69) is 5.10 Å². The van der Waals surface area contributed by atoms with Crippen molar-refractivity contribution in [2.75, 3.05) is 5.73 Å².